The highest BCUT2D eigenvalue weighted by molar-refractivity contribution is 6.00. The van der Waals surface area contributed by atoms with Crippen molar-refractivity contribution < 1.29 is 14.3 Å². The van der Waals surface area contributed by atoms with Gasteiger partial charge in [-0.2, -0.15) is 0 Å². The fourth-order valence-electron chi connectivity index (χ4n) is 3.70. The molecule has 0 saturated carbocycles. The minimum absolute atomic E-state index is 0.0432. The van der Waals surface area contributed by atoms with Crippen LogP contribution in [-0.4, -0.2) is 16.1 Å². The van der Waals surface area contributed by atoms with Crippen molar-refractivity contribution in [1.29, 1.82) is 0 Å². The summed E-state index contributed by atoms with van der Waals surface area (Å²) in [7, 11) is 0. The van der Waals surface area contributed by atoms with Crippen molar-refractivity contribution in [2.45, 2.75) is 26.2 Å². The van der Waals surface area contributed by atoms with Gasteiger partial charge in [-0.3, -0.25) is 4.98 Å². The lowest BCUT2D eigenvalue weighted by atomic mass is 9.89. The van der Waals surface area contributed by atoms with Gasteiger partial charge in [0.25, 0.3) is 0 Å². The molecule has 3 nitrogen and oxygen atoms in total. The SMILES string of the molecule is CC(C)c1nc2c(c(-c3ccc(F)cc3)c1C(=O)O)Cc1ccccc1-2. The highest BCUT2D eigenvalue weighted by Crippen LogP contribution is 2.44. The average molecular weight is 347 g/mol. The van der Waals surface area contributed by atoms with E-state index in [1.807, 2.05) is 38.1 Å². The summed E-state index contributed by atoms with van der Waals surface area (Å²) in [4.78, 5) is 16.9. The van der Waals surface area contributed by atoms with Crippen LogP contribution in [0.5, 0.6) is 0 Å². The summed E-state index contributed by atoms with van der Waals surface area (Å²) in [6.45, 7) is 3.88. The quantitative estimate of drug-likeness (QED) is 0.548. The Bertz CT molecular complexity index is 1020. The second-order valence-corrected chi connectivity index (χ2v) is 6.87. The van der Waals surface area contributed by atoms with Gasteiger partial charge in [-0.25, -0.2) is 9.18 Å². The first kappa shape index (κ1) is 16.5. The molecule has 26 heavy (non-hydrogen) atoms. The molecule has 0 aliphatic heterocycles. The molecule has 1 aliphatic rings. The van der Waals surface area contributed by atoms with Gasteiger partial charge in [0.2, 0.25) is 0 Å². The lowest BCUT2D eigenvalue weighted by Crippen LogP contribution is -2.12. The van der Waals surface area contributed by atoms with Gasteiger partial charge in [-0.05, 0) is 34.7 Å². The first-order valence-electron chi connectivity index (χ1n) is 8.61. The van der Waals surface area contributed by atoms with Crippen LogP contribution in [0.25, 0.3) is 22.4 Å². The van der Waals surface area contributed by atoms with Crippen molar-refractivity contribution in [2.24, 2.45) is 0 Å². The van der Waals surface area contributed by atoms with E-state index in [1.54, 1.807) is 12.1 Å². The molecule has 130 valence electrons. The van der Waals surface area contributed by atoms with Crippen molar-refractivity contribution in [2.75, 3.05) is 0 Å². The third kappa shape index (κ3) is 2.49. The summed E-state index contributed by atoms with van der Waals surface area (Å²) in [5, 5.41) is 9.95. The summed E-state index contributed by atoms with van der Waals surface area (Å²) >= 11 is 0. The van der Waals surface area contributed by atoms with Gasteiger partial charge in [0.15, 0.2) is 0 Å². The molecule has 4 rings (SSSR count). The summed E-state index contributed by atoms with van der Waals surface area (Å²) in [5.74, 6) is -1.39. The number of carboxylic acids is 1. The monoisotopic (exact) mass is 347 g/mol. The van der Waals surface area contributed by atoms with Gasteiger partial charge >= 0.3 is 5.97 Å². The largest absolute Gasteiger partial charge is 0.478 e. The van der Waals surface area contributed by atoms with Crippen LogP contribution >= 0.6 is 0 Å². The number of aromatic carboxylic acids is 1. The predicted octanol–water partition coefficient (Wildman–Crippen LogP) is 5.28. The van der Waals surface area contributed by atoms with E-state index in [1.165, 1.54) is 12.1 Å². The van der Waals surface area contributed by atoms with E-state index in [-0.39, 0.29) is 17.3 Å². The van der Waals surface area contributed by atoms with Crippen molar-refractivity contribution in [3.05, 3.63) is 76.7 Å². The smallest absolute Gasteiger partial charge is 0.338 e. The molecule has 4 heteroatoms. The van der Waals surface area contributed by atoms with E-state index in [0.717, 1.165) is 22.4 Å². The Morgan fingerprint density at radius 2 is 1.81 bits per heavy atom. The minimum Gasteiger partial charge on any atom is -0.478 e. The summed E-state index contributed by atoms with van der Waals surface area (Å²) in [5.41, 5.74) is 6.07. The second kappa shape index (κ2) is 6.06. The second-order valence-electron chi connectivity index (χ2n) is 6.87. The topological polar surface area (TPSA) is 50.2 Å². The molecule has 0 bridgehead atoms. The summed E-state index contributed by atoms with van der Waals surface area (Å²) in [6, 6.07) is 14.0. The van der Waals surface area contributed by atoms with Crippen LogP contribution in [0.2, 0.25) is 0 Å². The number of hydrogen-bond donors (Lipinski definition) is 1. The molecule has 0 radical (unpaired) electrons. The lowest BCUT2D eigenvalue weighted by Gasteiger charge is -2.18. The Morgan fingerprint density at radius 1 is 1.12 bits per heavy atom. The Morgan fingerprint density at radius 3 is 2.46 bits per heavy atom. The van der Waals surface area contributed by atoms with E-state index in [4.69, 9.17) is 4.98 Å². The maximum atomic E-state index is 13.4. The van der Waals surface area contributed by atoms with Gasteiger partial charge in [-0.1, -0.05) is 50.2 Å². The van der Waals surface area contributed by atoms with Crippen molar-refractivity contribution in [1.82, 2.24) is 4.98 Å². The molecule has 0 unspecified atom stereocenters. The Kier molecular flexibility index (Phi) is 3.83. The van der Waals surface area contributed by atoms with Crippen LogP contribution in [0.15, 0.2) is 48.5 Å². The highest BCUT2D eigenvalue weighted by Gasteiger charge is 2.30. The molecule has 1 aliphatic carbocycles. The number of pyridine rings is 1. The molecule has 1 heterocycles. The van der Waals surface area contributed by atoms with E-state index < -0.39 is 5.97 Å². The average Bonchev–Trinajstić information content (AvgIpc) is 2.99. The maximum absolute atomic E-state index is 13.4. The van der Waals surface area contributed by atoms with Gasteiger partial charge < -0.3 is 5.11 Å². The number of rotatable bonds is 3. The number of benzene rings is 2. The number of halogens is 1. The third-order valence-electron chi connectivity index (χ3n) is 4.86. The molecular formula is C22H18FNO2. The number of carboxylic acid groups (broad SMARTS) is 1. The molecule has 0 spiro atoms. The molecule has 1 aromatic heterocycles. The van der Waals surface area contributed by atoms with Crippen LogP contribution in [0, 0.1) is 5.82 Å². The summed E-state index contributed by atoms with van der Waals surface area (Å²) in [6.07, 6.45) is 0.629. The standard InChI is InChI=1S/C22H18FNO2/c1-12(2)20-19(22(25)26)18(13-7-9-15(23)10-8-13)17-11-14-5-3-4-6-16(14)21(17)24-20/h3-10,12H,11H2,1-2H3,(H,25,26). The normalized spacial score (nSPS) is 12.2. The van der Waals surface area contributed by atoms with Crippen molar-refractivity contribution >= 4 is 5.97 Å². The van der Waals surface area contributed by atoms with Crippen molar-refractivity contribution in [3.63, 3.8) is 0 Å². The van der Waals surface area contributed by atoms with Gasteiger partial charge in [0.1, 0.15) is 5.82 Å². The van der Waals surface area contributed by atoms with Crippen LogP contribution in [0.4, 0.5) is 4.39 Å². The molecule has 3 aromatic rings. The number of nitrogens with zero attached hydrogens (tertiary/aromatic N) is 1. The minimum atomic E-state index is -1.00. The molecular weight excluding hydrogens is 329 g/mol. The Balaban J connectivity index is 2.10. The van der Waals surface area contributed by atoms with Crippen molar-refractivity contribution in [3.8, 4) is 22.4 Å². The molecule has 1 N–H and O–H groups in total. The van der Waals surface area contributed by atoms with Crippen LogP contribution in [-0.2, 0) is 6.42 Å². The third-order valence-corrected chi connectivity index (χ3v) is 4.86. The number of fused-ring (bicyclic) bond motifs is 3. The number of hydrogen-bond acceptors (Lipinski definition) is 2. The van der Waals surface area contributed by atoms with Gasteiger partial charge in [0, 0.05) is 17.5 Å². The predicted molar refractivity (Wildman–Crippen MR) is 98.9 cm³/mol. The van der Waals surface area contributed by atoms with E-state index in [2.05, 4.69) is 0 Å². The van der Waals surface area contributed by atoms with Crippen LogP contribution in [0.3, 0.4) is 0 Å². The van der Waals surface area contributed by atoms with E-state index >= 15 is 0 Å². The summed E-state index contributed by atoms with van der Waals surface area (Å²) < 4.78 is 13.4. The Labute approximate surface area is 151 Å². The number of carbonyl (C=O) groups is 1. The molecule has 0 atom stereocenters. The zero-order chi connectivity index (χ0) is 18.4. The first-order valence-corrected chi connectivity index (χ1v) is 8.61. The fourth-order valence-corrected chi connectivity index (χ4v) is 3.70. The fraction of sp³-hybridized carbons (Fsp3) is 0.182. The van der Waals surface area contributed by atoms with Crippen LogP contribution < -0.4 is 0 Å². The van der Waals surface area contributed by atoms with Crippen LogP contribution in [0.1, 0.15) is 46.9 Å². The zero-order valence-electron chi connectivity index (χ0n) is 14.6. The lowest BCUT2D eigenvalue weighted by molar-refractivity contribution is 0.0695. The van der Waals surface area contributed by atoms with Gasteiger partial charge in [0.05, 0.1) is 17.0 Å². The molecule has 0 fully saturated rings. The zero-order valence-corrected chi connectivity index (χ0v) is 14.6. The maximum Gasteiger partial charge on any atom is 0.338 e. The van der Waals surface area contributed by atoms with E-state index in [0.29, 0.717) is 23.2 Å². The van der Waals surface area contributed by atoms with Gasteiger partial charge in [-0.15, -0.1) is 0 Å². The number of aromatic nitrogens is 1. The molecule has 2 aromatic carbocycles. The molecule has 0 amide bonds. The molecule has 0 saturated heterocycles. The first-order chi connectivity index (χ1) is 12.5. The van der Waals surface area contributed by atoms with E-state index in [9.17, 15) is 14.3 Å². The highest BCUT2D eigenvalue weighted by atomic mass is 19.1. The Hall–Kier alpha value is -3.01.